The predicted molar refractivity (Wildman–Crippen MR) is 102 cm³/mol. The summed E-state index contributed by atoms with van der Waals surface area (Å²) in [6.45, 7) is 4.30. The summed E-state index contributed by atoms with van der Waals surface area (Å²) in [6.07, 6.45) is 5.24. The van der Waals surface area contributed by atoms with E-state index < -0.39 is 0 Å². The minimum absolute atomic E-state index is 0.0408. The third-order valence-electron chi connectivity index (χ3n) is 5.50. The molecule has 0 unspecified atom stereocenters. The van der Waals surface area contributed by atoms with Gasteiger partial charge in [-0.25, -0.2) is 0 Å². The summed E-state index contributed by atoms with van der Waals surface area (Å²) in [7, 11) is 1.63. The average molecular weight is 398 g/mol. The quantitative estimate of drug-likeness (QED) is 0.702. The van der Waals surface area contributed by atoms with Gasteiger partial charge in [0.05, 0.1) is 23.7 Å². The predicted octanol–water partition coefficient (Wildman–Crippen LogP) is 1.14. The van der Waals surface area contributed by atoms with E-state index in [0.717, 1.165) is 38.8 Å². The number of H-pyrrole nitrogens is 1. The summed E-state index contributed by atoms with van der Waals surface area (Å²) in [5, 5.41) is 9.81. The van der Waals surface area contributed by atoms with E-state index in [4.69, 9.17) is 16.3 Å². The molecule has 2 N–H and O–H groups in total. The Morgan fingerprint density at radius 2 is 2.11 bits per heavy atom. The highest BCUT2D eigenvalue weighted by Crippen LogP contribution is 2.25. The van der Waals surface area contributed by atoms with Gasteiger partial charge in [0.15, 0.2) is 0 Å². The zero-order chi connectivity index (χ0) is 19.2. The molecular weight excluding hydrogens is 370 g/mol. The third-order valence-corrected chi connectivity index (χ3v) is 5.79. The van der Waals surface area contributed by atoms with Gasteiger partial charge in [-0.15, -0.1) is 0 Å². The second kappa shape index (κ2) is 9.52. The molecule has 0 radical (unpaired) electrons. The van der Waals surface area contributed by atoms with Crippen LogP contribution in [0.25, 0.3) is 0 Å². The highest BCUT2D eigenvalue weighted by Gasteiger charge is 2.33. The molecule has 2 amide bonds. The van der Waals surface area contributed by atoms with Crippen LogP contribution < -0.4 is 5.32 Å². The Hall–Kier alpha value is -1.64. The van der Waals surface area contributed by atoms with Crippen molar-refractivity contribution in [1.82, 2.24) is 25.3 Å². The number of likely N-dealkylation sites (tertiary alicyclic amines) is 2. The lowest BCUT2D eigenvalue weighted by Gasteiger charge is -2.42. The van der Waals surface area contributed by atoms with Gasteiger partial charge in [-0.1, -0.05) is 11.6 Å². The molecule has 8 nitrogen and oxygen atoms in total. The minimum atomic E-state index is -0.0926. The van der Waals surface area contributed by atoms with E-state index in [0.29, 0.717) is 43.0 Å². The van der Waals surface area contributed by atoms with Crippen molar-refractivity contribution < 1.29 is 14.3 Å². The topological polar surface area (TPSA) is 90.6 Å². The van der Waals surface area contributed by atoms with Crippen LogP contribution in [-0.4, -0.2) is 84.3 Å². The second-order valence-corrected chi connectivity index (χ2v) is 7.64. The first-order valence-electron chi connectivity index (χ1n) is 9.59. The van der Waals surface area contributed by atoms with Crippen LogP contribution in [0.4, 0.5) is 0 Å². The number of ether oxygens (including phenoxy) is 1. The number of piperidine rings is 2. The number of nitrogens with one attached hydrogen (secondary N) is 2. The minimum Gasteiger partial charge on any atom is -0.383 e. The van der Waals surface area contributed by atoms with Gasteiger partial charge in [0.25, 0.3) is 5.91 Å². The summed E-state index contributed by atoms with van der Waals surface area (Å²) in [4.78, 5) is 29.1. The molecule has 2 aliphatic heterocycles. The van der Waals surface area contributed by atoms with Gasteiger partial charge in [0, 0.05) is 39.3 Å². The maximum atomic E-state index is 12.5. The number of aromatic nitrogens is 2. The molecule has 2 fully saturated rings. The Labute approximate surface area is 164 Å². The monoisotopic (exact) mass is 397 g/mol. The number of halogens is 1. The van der Waals surface area contributed by atoms with Crippen LogP contribution in [0.15, 0.2) is 6.20 Å². The van der Waals surface area contributed by atoms with Gasteiger partial charge in [-0.05, 0) is 32.2 Å². The van der Waals surface area contributed by atoms with E-state index in [2.05, 4.69) is 20.4 Å². The molecule has 3 heterocycles. The smallest absolute Gasteiger partial charge is 0.273 e. The van der Waals surface area contributed by atoms with Crippen molar-refractivity contribution in [2.45, 2.75) is 31.7 Å². The van der Waals surface area contributed by atoms with Crippen LogP contribution in [0.2, 0.25) is 5.02 Å². The van der Waals surface area contributed by atoms with Crippen LogP contribution in [0, 0.1) is 5.92 Å². The van der Waals surface area contributed by atoms with Crippen molar-refractivity contribution in [3.63, 3.8) is 0 Å². The maximum absolute atomic E-state index is 12.5. The number of hydrogen-bond donors (Lipinski definition) is 2. The van der Waals surface area contributed by atoms with Crippen molar-refractivity contribution in [1.29, 1.82) is 0 Å². The fraction of sp³-hybridized carbons (Fsp3) is 0.722. The summed E-state index contributed by atoms with van der Waals surface area (Å²) >= 11 is 6.00. The first kappa shape index (κ1) is 20.1. The average Bonchev–Trinajstić information content (AvgIpc) is 3.13. The lowest BCUT2D eigenvalue weighted by atomic mass is 9.93. The van der Waals surface area contributed by atoms with E-state index in [9.17, 15) is 9.59 Å². The second-order valence-electron chi connectivity index (χ2n) is 7.23. The molecule has 1 aromatic heterocycles. The molecule has 0 bridgehead atoms. The zero-order valence-electron chi connectivity index (χ0n) is 15.7. The number of aromatic amines is 1. The van der Waals surface area contributed by atoms with Crippen LogP contribution in [-0.2, 0) is 9.53 Å². The molecule has 1 atom stereocenters. The summed E-state index contributed by atoms with van der Waals surface area (Å²) in [5.74, 6) is 0.0716. The Morgan fingerprint density at radius 3 is 2.78 bits per heavy atom. The number of nitrogens with zero attached hydrogens (tertiary/aromatic N) is 3. The lowest BCUT2D eigenvalue weighted by molar-refractivity contribution is -0.127. The first-order chi connectivity index (χ1) is 13.1. The highest BCUT2D eigenvalue weighted by atomic mass is 35.5. The Morgan fingerprint density at radius 1 is 1.33 bits per heavy atom. The van der Waals surface area contributed by atoms with Gasteiger partial charge in [-0.2, -0.15) is 5.10 Å². The fourth-order valence-corrected chi connectivity index (χ4v) is 4.16. The Kier molecular flexibility index (Phi) is 7.09. The summed E-state index contributed by atoms with van der Waals surface area (Å²) < 4.78 is 4.99. The van der Waals surface area contributed by atoms with Crippen molar-refractivity contribution in [2.75, 3.05) is 46.4 Å². The summed E-state index contributed by atoms with van der Waals surface area (Å²) in [6, 6.07) is 0.417. The molecule has 0 aromatic carbocycles. The number of carbonyl (C=O) groups is 2. The van der Waals surface area contributed by atoms with Gasteiger partial charge in [-0.3, -0.25) is 19.6 Å². The van der Waals surface area contributed by atoms with Crippen molar-refractivity contribution in [2.24, 2.45) is 5.92 Å². The highest BCUT2D eigenvalue weighted by molar-refractivity contribution is 6.33. The van der Waals surface area contributed by atoms with E-state index in [1.807, 2.05) is 4.90 Å². The number of amides is 2. The largest absolute Gasteiger partial charge is 0.383 e. The third kappa shape index (κ3) is 5.00. The van der Waals surface area contributed by atoms with E-state index in [1.54, 1.807) is 7.11 Å². The molecule has 0 spiro atoms. The van der Waals surface area contributed by atoms with E-state index in [1.165, 1.54) is 6.20 Å². The molecule has 2 aliphatic rings. The van der Waals surface area contributed by atoms with E-state index in [-0.39, 0.29) is 17.7 Å². The number of hydrogen-bond acceptors (Lipinski definition) is 5. The molecular formula is C18H28ClN5O3. The van der Waals surface area contributed by atoms with Crippen LogP contribution in [0.5, 0.6) is 0 Å². The van der Waals surface area contributed by atoms with Crippen molar-refractivity contribution >= 4 is 23.4 Å². The molecule has 9 heteroatoms. The molecule has 150 valence electrons. The zero-order valence-corrected chi connectivity index (χ0v) is 16.5. The van der Waals surface area contributed by atoms with Gasteiger partial charge >= 0.3 is 0 Å². The van der Waals surface area contributed by atoms with Crippen LogP contribution in [0.3, 0.4) is 0 Å². The molecule has 0 aliphatic carbocycles. The normalized spacial score (nSPS) is 22.0. The molecule has 2 saturated heterocycles. The van der Waals surface area contributed by atoms with Crippen molar-refractivity contribution in [3.05, 3.63) is 16.9 Å². The van der Waals surface area contributed by atoms with Gasteiger partial charge in [0.1, 0.15) is 5.69 Å². The van der Waals surface area contributed by atoms with Crippen LogP contribution in [0.1, 0.15) is 36.2 Å². The lowest BCUT2D eigenvalue weighted by Crippen LogP contribution is -2.51. The number of carbonyl (C=O) groups excluding carboxylic acids is 2. The standard InChI is InChI=1S/C18H28ClN5O3/c1-27-10-6-20-17(25)13-3-2-7-24(12-13)14-4-8-23(9-5-14)18(26)16-15(19)11-21-22-16/h11,13-14H,2-10,12H2,1H3,(H,20,25)(H,21,22)/t13-/m1/s1. The van der Waals surface area contributed by atoms with E-state index >= 15 is 0 Å². The Bertz CT molecular complexity index is 645. The van der Waals surface area contributed by atoms with Crippen molar-refractivity contribution in [3.8, 4) is 0 Å². The van der Waals surface area contributed by atoms with Gasteiger partial charge < -0.3 is 15.0 Å². The van der Waals surface area contributed by atoms with Gasteiger partial charge in [0.2, 0.25) is 5.91 Å². The number of rotatable bonds is 6. The van der Waals surface area contributed by atoms with Crippen LogP contribution >= 0.6 is 11.6 Å². The fourth-order valence-electron chi connectivity index (χ4n) is 3.99. The Balaban J connectivity index is 1.48. The molecule has 27 heavy (non-hydrogen) atoms. The molecule has 3 rings (SSSR count). The number of methoxy groups -OCH3 is 1. The molecule has 0 saturated carbocycles. The molecule has 1 aromatic rings. The first-order valence-corrected chi connectivity index (χ1v) is 9.96. The SMILES string of the molecule is COCCNC(=O)[C@@H]1CCCN(C2CCN(C(=O)c3[nH]ncc3Cl)CC2)C1. The summed E-state index contributed by atoms with van der Waals surface area (Å²) in [5.41, 5.74) is 0.362. The maximum Gasteiger partial charge on any atom is 0.273 e.